The van der Waals surface area contributed by atoms with Gasteiger partial charge in [0.2, 0.25) is 5.91 Å². The highest BCUT2D eigenvalue weighted by molar-refractivity contribution is 5.96. The molecule has 1 fully saturated rings. The molecule has 0 aliphatic carbocycles. The maximum absolute atomic E-state index is 13.3. The fourth-order valence-electron chi connectivity index (χ4n) is 4.53. The Balaban J connectivity index is 1.37. The van der Waals surface area contributed by atoms with Crippen molar-refractivity contribution in [3.63, 3.8) is 0 Å². The summed E-state index contributed by atoms with van der Waals surface area (Å²) in [6, 6.07) is 14.8. The van der Waals surface area contributed by atoms with Gasteiger partial charge in [0.15, 0.2) is 5.82 Å². The van der Waals surface area contributed by atoms with Gasteiger partial charge in [-0.2, -0.15) is 0 Å². The van der Waals surface area contributed by atoms with E-state index in [9.17, 15) is 14.0 Å². The minimum Gasteiger partial charge on any atom is -0.497 e. The third kappa shape index (κ3) is 6.81. The van der Waals surface area contributed by atoms with Gasteiger partial charge in [0.25, 0.3) is 5.91 Å². The molecule has 9 nitrogen and oxygen atoms in total. The minimum absolute atomic E-state index is 0.0212. The maximum Gasteiger partial charge on any atom is 0.254 e. The van der Waals surface area contributed by atoms with E-state index in [1.165, 1.54) is 24.3 Å². The number of rotatable bonds is 9. The van der Waals surface area contributed by atoms with Crippen LogP contribution in [0.15, 0.2) is 54.6 Å². The van der Waals surface area contributed by atoms with Gasteiger partial charge in [0.05, 0.1) is 19.9 Å². The van der Waals surface area contributed by atoms with E-state index in [0.717, 1.165) is 11.4 Å². The predicted octanol–water partition coefficient (Wildman–Crippen LogP) is 3.75. The molecule has 0 unspecified atom stereocenters. The largest absolute Gasteiger partial charge is 0.497 e. The van der Waals surface area contributed by atoms with Crippen molar-refractivity contribution < 1.29 is 23.5 Å². The van der Waals surface area contributed by atoms with Gasteiger partial charge in [0.1, 0.15) is 23.9 Å². The monoisotopic (exact) mass is 535 g/mol. The number of carbonyl (C=O) groups is 2. The normalized spacial score (nSPS) is 13.4. The zero-order chi connectivity index (χ0) is 27.9. The van der Waals surface area contributed by atoms with E-state index < -0.39 is 5.82 Å². The van der Waals surface area contributed by atoms with Gasteiger partial charge in [-0.15, -0.1) is 10.2 Å². The van der Waals surface area contributed by atoms with E-state index in [4.69, 9.17) is 9.47 Å². The van der Waals surface area contributed by atoms with E-state index in [0.29, 0.717) is 55.5 Å². The summed E-state index contributed by atoms with van der Waals surface area (Å²) < 4.78 is 24.1. The van der Waals surface area contributed by atoms with Gasteiger partial charge >= 0.3 is 0 Å². The summed E-state index contributed by atoms with van der Waals surface area (Å²) in [7, 11) is 3.20. The molecule has 3 aromatic rings. The number of benzene rings is 2. The molecule has 39 heavy (non-hydrogen) atoms. The summed E-state index contributed by atoms with van der Waals surface area (Å²) in [4.78, 5) is 31.6. The quantitative estimate of drug-likeness (QED) is 0.412. The summed E-state index contributed by atoms with van der Waals surface area (Å²) >= 11 is 0. The second kappa shape index (κ2) is 12.6. The molecular formula is C29H34FN5O4. The molecular weight excluding hydrogens is 501 g/mol. The van der Waals surface area contributed by atoms with Crippen LogP contribution in [0.3, 0.4) is 0 Å². The van der Waals surface area contributed by atoms with E-state index in [-0.39, 0.29) is 24.3 Å². The molecule has 0 spiro atoms. The summed E-state index contributed by atoms with van der Waals surface area (Å²) in [6.45, 7) is 6.61. The zero-order valence-corrected chi connectivity index (χ0v) is 22.8. The fourth-order valence-corrected chi connectivity index (χ4v) is 4.53. The topological polar surface area (TPSA) is 88.1 Å². The van der Waals surface area contributed by atoms with Crippen molar-refractivity contribution >= 4 is 17.6 Å². The standard InChI is InChI=1S/C29H34FN5O4/c1-20(2)18-35(29(37)21-5-7-22(30)8-6-21)19-28(36)34-15-13-33(14-16-34)27-12-11-25(31-32-27)24-10-9-23(38-3)17-26(24)39-4/h5-12,17,20H,13-16,18-19H2,1-4H3. The zero-order valence-electron chi connectivity index (χ0n) is 22.8. The molecule has 1 aliphatic rings. The number of ether oxygens (including phenoxy) is 2. The molecule has 10 heteroatoms. The Hall–Kier alpha value is -4.21. The van der Waals surface area contributed by atoms with Crippen LogP contribution < -0.4 is 14.4 Å². The van der Waals surface area contributed by atoms with Crippen LogP contribution in [0.4, 0.5) is 10.2 Å². The number of hydrogen-bond donors (Lipinski definition) is 0. The molecule has 2 amide bonds. The highest BCUT2D eigenvalue weighted by atomic mass is 19.1. The Bertz CT molecular complexity index is 1280. The van der Waals surface area contributed by atoms with Crippen molar-refractivity contribution in [1.82, 2.24) is 20.0 Å². The number of hydrogen-bond acceptors (Lipinski definition) is 7. The van der Waals surface area contributed by atoms with Gasteiger partial charge in [-0.25, -0.2) is 4.39 Å². The van der Waals surface area contributed by atoms with Gasteiger partial charge in [-0.05, 0) is 54.4 Å². The van der Waals surface area contributed by atoms with Gasteiger partial charge in [-0.3, -0.25) is 9.59 Å². The van der Waals surface area contributed by atoms with Crippen molar-refractivity contribution in [1.29, 1.82) is 0 Å². The van der Waals surface area contributed by atoms with Crippen LogP contribution in [0.5, 0.6) is 11.5 Å². The Labute approximate surface area is 228 Å². The number of halogens is 1. The Morgan fingerprint density at radius 2 is 1.67 bits per heavy atom. The summed E-state index contributed by atoms with van der Waals surface area (Å²) in [6.07, 6.45) is 0. The molecule has 0 radical (unpaired) electrons. The van der Waals surface area contributed by atoms with Crippen molar-refractivity contribution in [3.05, 3.63) is 66.0 Å². The van der Waals surface area contributed by atoms with Crippen molar-refractivity contribution in [2.24, 2.45) is 5.92 Å². The third-order valence-corrected chi connectivity index (χ3v) is 6.58. The van der Waals surface area contributed by atoms with Crippen LogP contribution in [0, 0.1) is 11.7 Å². The SMILES string of the molecule is COc1ccc(-c2ccc(N3CCN(C(=O)CN(CC(C)C)C(=O)c4ccc(F)cc4)CC3)nn2)c(OC)c1. The highest BCUT2D eigenvalue weighted by Crippen LogP contribution is 2.32. The van der Waals surface area contributed by atoms with Crippen LogP contribution in [0.25, 0.3) is 11.3 Å². The number of methoxy groups -OCH3 is 2. The lowest BCUT2D eigenvalue weighted by atomic mass is 10.1. The van der Waals surface area contributed by atoms with Crippen molar-refractivity contribution in [2.45, 2.75) is 13.8 Å². The highest BCUT2D eigenvalue weighted by Gasteiger charge is 2.26. The lowest BCUT2D eigenvalue weighted by Crippen LogP contribution is -2.52. The first-order valence-electron chi connectivity index (χ1n) is 12.9. The number of anilines is 1. The van der Waals surface area contributed by atoms with Crippen LogP contribution >= 0.6 is 0 Å². The number of amides is 2. The first kappa shape index (κ1) is 27.8. The molecule has 0 saturated carbocycles. The molecule has 2 aromatic carbocycles. The maximum atomic E-state index is 13.3. The minimum atomic E-state index is -0.407. The average Bonchev–Trinajstić information content (AvgIpc) is 2.96. The van der Waals surface area contributed by atoms with E-state index in [1.54, 1.807) is 30.1 Å². The van der Waals surface area contributed by atoms with Crippen LogP contribution in [-0.2, 0) is 4.79 Å². The first-order valence-corrected chi connectivity index (χ1v) is 12.9. The Kier molecular flexibility index (Phi) is 8.96. The van der Waals surface area contributed by atoms with Gasteiger partial charge in [-0.1, -0.05) is 13.8 Å². The number of nitrogens with zero attached hydrogens (tertiary/aromatic N) is 5. The molecule has 4 rings (SSSR count). The first-order chi connectivity index (χ1) is 18.8. The summed E-state index contributed by atoms with van der Waals surface area (Å²) in [5.74, 6) is 1.45. The lowest BCUT2D eigenvalue weighted by molar-refractivity contribution is -0.132. The average molecular weight is 536 g/mol. The second-order valence-electron chi connectivity index (χ2n) is 9.80. The predicted molar refractivity (Wildman–Crippen MR) is 147 cm³/mol. The Morgan fingerprint density at radius 1 is 0.949 bits per heavy atom. The van der Waals surface area contributed by atoms with Gasteiger partial charge < -0.3 is 24.2 Å². The van der Waals surface area contributed by atoms with E-state index in [2.05, 4.69) is 15.1 Å². The fraction of sp³-hybridized carbons (Fsp3) is 0.379. The lowest BCUT2D eigenvalue weighted by Gasteiger charge is -2.36. The number of aromatic nitrogens is 2. The molecule has 2 heterocycles. The molecule has 1 aliphatic heterocycles. The molecule has 206 valence electrons. The summed E-state index contributed by atoms with van der Waals surface area (Å²) in [5, 5.41) is 8.82. The third-order valence-electron chi connectivity index (χ3n) is 6.58. The number of carbonyl (C=O) groups excluding carboxylic acids is 2. The van der Waals surface area contributed by atoms with E-state index in [1.807, 2.05) is 38.1 Å². The van der Waals surface area contributed by atoms with Crippen molar-refractivity contribution in [3.8, 4) is 22.8 Å². The molecule has 1 saturated heterocycles. The second-order valence-corrected chi connectivity index (χ2v) is 9.80. The van der Waals surface area contributed by atoms with Crippen LogP contribution in [-0.4, -0.2) is 85.3 Å². The number of piperazine rings is 1. The molecule has 0 N–H and O–H groups in total. The molecule has 1 aromatic heterocycles. The van der Waals surface area contributed by atoms with Gasteiger partial charge in [0, 0.05) is 49.9 Å². The van der Waals surface area contributed by atoms with Crippen LogP contribution in [0.2, 0.25) is 0 Å². The van der Waals surface area contributed by atoms with E-state index >= 15 is 0 Å². The van der Waals surface area contributed by atoms with Crippen LogP contribution in [0.1, 0.15) is 24.2 Å². The molecule has 0 bridgehead atoms. The van der Waals surface area contributed by atoms with Crippen molar-refractivity contribution in [2.75, 3.05) is 58.4 Å². The summed E-state index contributed by atoms with van der Waals surface area (Å²) in [5.41, 5.74) is 1.86. The Morgan fingerprint density at radius 3 is 2.26 bits per heavy atom. The smallest absolute Gasteiger partial charge is 0.254 e. The molecule has 0 atom stereocenters.